The molecule has 0 aliphatic carbocycles. The van der Waals surface area contributed by atoms with E-state index >= 15 is 0 Å². The van der Waals surface area contributed by atoms with E-state index in [1.54, 1.807) is 18.3 Å². The molecule has 4 heteroatoms. The first kappa shape index (κ1) is 9.33. The molecule has 0 radical (unpaired) electrons. The van der Waals surface area contributed by atoms with Gasteiger partial charge in [-0.25, -0.2) is 4.79 Å². The van der Waals surface area contributed by atoms with Gasteiger partial charge in [0.05, 0.1) is 5.52 Å². The van der Waals surface area contributed by atoms with Crippen molar-refractivity contribution < 1.29 is 14.7 Å². The molecule has 0 saturated carbocycles. The number of carboxylic acids is 1. The lowest BCUT2D eigenvalue weighted by molar-refractivity contribution is -0.131. The molecule has 0 amide bonds. The Bertz CT molecular complexity index is 548. The van der Waals surface area contributed by atoms with Crippen LogP contribution in [-0.4, -0.2) is 21.8 Å². The van der Waals surface area contributed by atoms with Crippen molar-refractivity contribution in [1.82, 2.24) is 4.98 Å². The number of carboxylic acid groups (broad SMARTS) is 1. The molecular weight excluding hydrogens is 194 g/mol. The average molecular weight is 201 g/mol. The van der Waals surface area contributed by atoms with Crippen LogP contribution < -0.4 is 0 Å². The Morgan fingerprint density at radius 1 is 1.20 bits per heavy atom. The zero-order valence-electron chi connectivity index (χ0n) is 7.68. The van der Waals surface area contributed by atoms with Crippen molar-refractivity contribution in [3.63, 3.8) is 0 Å². The number of rotatable bonds is 2. The molecule has 1 heterocycles. The van der Waals surface area contributed by atoms with E-state index in [2.05, 4.69) is 4.98 Å². The number of nitrogens with zero attached hydrogens (tertiary/aromatic N) is 1. The van der Waals surface area contributed by atoms with Gasteiger partial charge in [0.25, 0.3) is 5.78 Å². The number of hydrogen-bond donors (Lipinski definition) is 1. The molecule has 1 aromatic heterocycles. The molecule has 74 valence electrons. The van der Waals surface area contributed by atoms with Gasteiger partial charge in [0, 0.05) is 17.1 Å². The molecule has 4 nitrogen and oxygen atoms in total. The third-order valence-corrected chi connectivity index (χ3v) is 2.06. The number of carbonyl (C=O) groups excluding carboxylic acids is 1. The minimum atomic E-state index is -1.45. The molecule has 0 spiro atoms. The lowest BCUT2D eigenvalue weighted by Gasteiger charge is -1.98. The first-order valence-electron chi connectivity index (χ1n) is 4.31. The normalized spacial score (nSPS) is 10.1. The van der Waals surface area contributed by atoms with Crippen LogP contribution >= 0.6 is 0 Å². The summed E-state index contributed by atoms with van der Waals surface area (Å²) in [6.45, 7) is 0. The first-order chi connectivity index (χ1) is 7.18. The topological polar surface area (TPSA) is 67.3 Å². The van der Waals surface area contributed by atoms with Gasteiger partial charge in [-0.2, -0.15) is 0 Å². The molecule has 0 bridgehead atoms. The Balaban J connectivity index is 2.56. The summed E-state index contributed by atoms with van der Waals surface area (Å²) in [5.74, 6) is -2.37. The van der Waals surface area contributed by atoms with Gasteiger partial charge < -0.3 is 5.11 Å². The standard InChI is InChI=1S/C11H7NO3/c13-10(11(14)15)8-4-3-7-2-1-5-12-9(7)6-8/h1-6H,(H,14,15). The zero-order valence-corrected chi connectivity index (χ0v) is 7.68. The van der Waals surface area contributed by atoms with Crippen LogP contribution in [0.15, 0.2) is 36.5 Å². The van der Waals surface area contributed by atoms with E-state index in [4.69, 9.17) is 5.11 Å². The lowest BCUT2D eigenvalue weighted by atomic mass is 10.1. The van der Waals surface area contributed by atoms with Crippen molar-refractivity contribution in [2.24, 2.45) is 0 Å². The van der Waals surface area contributed by atoms with Crippen molar-refractivity contribution in [2.45, 2.75) is 0 Å². The summed E-state index contributed by atoms with van der Waals surface area (Å²) >= 11 is 0. The summed E-state index contributed by atoms with van der Waals surface area (Å²) in [7, 11) is 0. The van der Waals surface area contributed by atoms with Gasteiger partial charge in [-0.05, 0) is 12.1 Å². The van der Waals surface area contributed by atoms with Crippen molar-refractivity contribution in [2.75, 3.05) is 0 Å². The molecule has 15 heavy (non-hydrogen) atoms. The second-order valence-corrected chi connectivity index (χ2v) is 3.05. The molecule has 1 N–H and O–H groups in total. The summed E-state index contributed by atoms with van der Waals surface area (Å²) in [5, 5.41) is 9.41. The fourth-order valence-corrected chi connectivity index (χ4v) is 1.33. The second-order valence-electron chi connectivity index (χ2n) is 3.05. The molecule has 1 aromatic carbocycles. The number of benzene rings is 1. The average Bonchev–Trinajstić information content (AvgIpc) is 2.27. The number of ketones is 1. The van der Waals surface area contributed by atoms with Gasteiger partial charge in [-0.1, -0.05) is 18.2 Å². The molecule has 0 atom stereocenters. The van der Waals surface area contributed by atoms with E-state index in [1.165, 1.54) is 12.1 Å². The monoisotopic (exact) mass is 201 g/mol. The Hall–Kier alpha value is -2.23. The number of hydrogen-bond acceptors (Lipinski definition) is 3. The fraction of sp³-hybridized carbons (Fsp3) is 0. The SMILES string of the molecule is O=C(O)C(=O)c1ccc2cccnc2c1. The summed E-state index contributed by atoms with van der Waals surface area (Å²) in [4.78, 5) is 25.7. The van der Waals surface area contributed by atoms with Crippen LogP contribution in [0.2, 0.25) is 0 Å². The van der Waals surface area contributed by atoms with Crippen LogP contribution in [0.25, 0.3) is 10.9 Å². The van der Waals surface area contributed by atoms with Crippen LogP contribution in [0, 0.1) is 0 Å². The van der Waals surface area contributed by atoms with E-state index in [1.807, 2.05) is 6.07 Å². The number of aromatic nitrogens is 1. The van der Waals surface area contributed by atoms with Crippen LogP contribution in [0.1, 0.15) is 10.4 Å². The van der Waals surface area contributed by atoms with Gasteiger partial charge in [0.1, 0.15) is 0 Å². The lowest BCUT2D eigenvalue weighted by Crippen LogP contribution is -2.12. The Kier molecular flexibility index (Phi) is 2.17. The van der Waals surface area contributed by atoms with E-state index in [0.29, 0.717) is 5.52 Å². The number of aliphatic carboxylic acids is 1. The van der Waals surface area contributed by atoms with Crippen LogP contribution in [0.5, 0.6) is 0 Å². The smallest absolute Gasteiger partial charge is 0.377 e. The Labute approximate surface area is 85.2 Å². The van der Waals surface area contributed by atoms with Crippen LogP contribution in [0.4, 0.5) is 0 Å². The van der Waals surface area contributed by atoms with Crippen LogP contribution in [0.3, 0.4) is 0 Å². The van der Waals surface area contributed by atoms with Gasteiger partial charge in [-0.15, -0.1) is 0 Å². The highest BCUT2D eigenvalue weighted by molar-refractivity contribution is 6.40. The fourth-order valence-electron chi connectivity index (χ4n) is 1.33. The predicted octanol–water partition coefficient (Wildman–Crippen LogP) is 1.50. The Morgan fingerprint density at radius 2 is 2.00 bits per heavy atom. The number of carbonyl (C=O) groups is 2. The molecule has 0 saturated heterocycles. The first-order valence-corrected chi connectivity index (χ1v) is 4.31. The number of fused-ring (bicyclic) bond motifs is 1. The van der Waals surface area contributed by atoms with E-state index in [9.17, 15) is 9.59 Å². The van der Waals surface area contributed by atoms with Crippen LogP contribution in [-0.2, 0) is 4.79 Å². The molecule has 2 aromatic rings. The van der Waals surface area contributed by atoms with Crippen molar-refractivity contribution >= 4 is 22.7 Å². The third-order valence-electron chi connectivity index (χ3n) is 2.06. The second kappa shape index (κ2) is 3.49. The number of Topliss-reactive ketones (excluding diaryl/α,β-unsaturated/α-hetero) is 1. The molecule has 2 rings (SSSR count). The highest BCUT2D eigenvalue weighted by atomic mass is 16.4. The van der Waals surface area contributed by atoms with Crippen molar-refractivity contribution in [3.8, 4) is 0 Å². The van der Waals surface area contributed by atoms with Crippen molar-refractivity contribution in [1.29, 1.82) is 0 Å². The highest BCUT2D eigenvalue weighted by Crippen LogP contribution is 2.13. The molecule has 0 unspecified atom stereocenters. The van der Waals surface area contributed by atoms with Gasteiger partial charge in [0.2, 0.25) is 0 Å². The molecule has 0 aliphatic heterocycles. The van der Waals surface area contributed by atoms with Gasteiger partial charge in [0.15, 0.2) is 0 Å². The quantitative estimate of drug-likeness (QED) is 0.590. The van der Waals surface area contributed by atoms with E-state index in [0.717, 1.165) is 5.39 Å². The number of pyridine rings is 1. The van der Waals surface area contributed by atoms with Crippen molar-refractivity contribution in [3.05, 3.63) is 42.1 Å². The summed E-state index contributed by atoms with van der Waals surface area (Å²) in [6.07, 6.45) is 1.59. The minimum Gasteiger partial charge on any atom is -0.475 e. The minimum absolute atomic E-state index is 0.147. The highest BCUT2D eigenvalue weighted by Gasteiger charge is 2.14. The summed E-state index contributed by atoms with van der Waals surface area (Å²) in [5.41, 5.74) is 0.762. The Morgan fingerprint density at radius 3 is 2.73 bits per heavy atom. The largest absolute Gasteiger partial charge is 0.475 e. The maximum atomic E-state index is 11.2. The molecule has 0 aliphatic rings. The van der Waals surface area contributed by atoms with E-state index < -0.39 is 11.8 Å². The summed E-state index contributed by atoms with van der Waals surface area (Å²) in [6, 6.07) is 8.27. The molecule has 0 fully saturated rings. The van der Waals surface area contributed by atoms with Gasteiger partial charge in [-0.3, -0.25) is 9.78 Å². The van der Waals surface area contributed by atoms with E-state index in [-0.39, 0.29) is 5.56 Å². The predicted molar refractivity (Wildman–Crippen MR) is 53.7 cm³/mol. The molecular formula is C11H7NO3. The zero-order chi connectivity index (χ0) is 10.8. The summed E-state index contributed by atoms with van der Waals surface area (Å²) < 4.78 is 0. The maximum absolute atomic E-state index is 11.2. The third kappa shape index (κ3) is 1.69. The maximum Gasteiger partial charge on any atom is 0.377 e. The van der Waals surface area contributed by atoms with Gasteiger partial charge >= 0.3 is 5.97 Å².